The average Bonchev–Trinajstić information content (AvgIpc) is 2.48. The number of aryl methyl sites for hydroxylation is 1. The normalized spacial score (nSPS) is 29.0. The van der Waals surface area contributed by atoms with Crippen molar-refractivity contribution in [3.8, 4) is 0 Å². The summed E-state index contributed by atoms with van der Waals surface area (Å²) in [6.07, 6.45) is 4.56. The Bertz CT molecular complexity index is 521. The van der Waals surface area contributed by atoms with Gasteiger partial charge in [-0.3, -0.25) is 4.79 Å². The second-order valence-corrected chi connectivity index (χ2v) is 6.49. The number of carbonyl (C=O) groups is 1. The Kier molecular flexibility index (Phi) is 3.89. The van der Waals surface area contributed by atoms with Gasteiger partial charge in [0.05, 0.1) is 11.5 Å². The van der Waals surface area contributed by atoms with Gasteiger partial charge in [0.25, 0.3) is 0 Å². The molecule has 2 N–H and O–H groups in total. The monoisotopic (exact) mass is 289 g/mol. The van der Waals surface area contributed by atoms with Crippen LogP contribution in [0.2, 0.25) is 0 Å². The fourth-order valence-electron chi connectivity index (χ4n) is 3.69. The highest BCUT2D eigenvalue weighted by Gasteiger charge is 2.37. The lowest BCUT2D eigenvalue weighted by Crippen LogP contribution is -2.47. The summed E-state index contributed by atoms with van der Waals surface area (Å²) in [6, 6.07) is 8.39. The summed E-state index contributed by atoms with van der Waals surface area (Å²) in [4.78, 5) is 13.3. The molecule has 3 rings (SSSR count). The number of β-amino-alcohol motifs (C(OH)–C–C–N with tert-alkyl or cyclic N) is 1. The fourth-order valence-corrected chi connectivity index (χ4v) is 3.69. The standard InChI is InChI=1S/C17H23NO3/c19-16(20)14-7-9-17(21,10-8-14)12-18-11-3-5-13-4-1-2-6-15(13)18/h1-2,4,6,14,21H,3,5,7-12H2,(H,19,20). The third-order valence-electron chi connectivity index (χ3n) is 4.96. The smallest absolute Gasteiger partial charge is 0.306 e. The van der Waals surface area contributed by atoms with Crippen LogP contribution in [0.15, 0.2) is 24.3 Å². The zero-order valence-electron chi connectivity index (χ0n) is 12.3. The summed E-state index contributed by atoms with van der Waals surface area (Å²) in [6.45, 7) is 1.60. The number of para-hydroxylation sites is 1. The van der Waals surface area contributed by atoms with Crippen molar-refractivity contribution in [3.63, 3.8) is 0 Å². The Morgan fingerprint density at radius 3 is 2.71 bits per heavy atom. The highest BCUT2D eigenvalue weighted by molar-refractivity contribution is 5.70. The second-order valence-electron chi connectivity index (χ2n) is 6.49. The molecule has 0 spiro atoms. The van der Waals surface area contributed by atoms with Crippen LogP contribution in [0.5, 0.6) is 0 Å². The lowest BCUT2D eigenvalue weighted by Gasteiger charge is -2.41. The van der Waals surface area contributed by atoms with E-state index >= 15 is 0 Å². The van der Waals surface area contributed by atoms with Gasteiger partial charge in [0.15, 0.2) is 0 Å². The highest BCUT2D eigenvalue weighted by atomic mass is 16.4. The summed E-state index contributed by atoms with van der Waals surface area (Å²) in [5.74, 6) is -1.00. The summed E-state index contributed by atoms with van der Waals surface area (Å²) in [5.41, 5.74) is 1.85. The van der Waals surface area contributed by atoms with E-state index in [9.17, 15) is 9.90 Å². The van der Waals surface area contributed by atoms with E-state index in [0.29, 0.717) is 32.2 Å². The number of rotatable bonds is 3. The number of carboxylic acid groups (broad SMARTS) is 1. The Labute approximate surface area is 125 Å². The van der Waals surface area contributed by atoms with E-state index in [1.165, 1.54) is 11.3 Å². The van der Waals surface area contributed by atoms with Gasteiger partial charge in [0.1, 0.15) is 0 Å². The van der Waals surface area contributed by atoms with Crippen LogP contribution in [-0.4, -0.2) is 34.9 Å². The number of hydrogen-bond acceptors (Lipinski definition) is 3. The van der Waals surface area contributed by atoms with Crippen LogP contribution in [0.25, 0.3) is 0 Å². The average molecular weight is 289 g/mol. The predicted molar refractivity (Wildman–Crippen MR) is 81.5 cm³/mol. The third-order valence-corrected chi connectivity index (χ3v) is 4.96. The first-order valence-corrected chi connectivity index (χ1v) is 7.85. The van der Waals surface area contributed by atoms with E-state index < -0.39 is 11.6 Å². The summed E-state index contributed by atoms with van der Waals surface area (Å²) < 4.78 is 0. The third kappa shape index (κ3) is 3.05. The molecule has 0 saturated heterocycles. The van der Waals surface area contributed by atoms with Gasteiger partial charge in [-0.1, -0.05) is 18.2 Å². The molecule has 1 saturated carbocycles. The molecule has 1 fully saturated rings. The summed E-state index contributed by atoms with van der Waals surface area (Å²) >= 11 is 0. The molecule has 21 heavy (non-hydrogen) atoms. The van der Waals surface area contributed by atoms with Crippen molar-refractivity contribution < 1.29 is 15.0 Å². The van der Waals surface area contributed by atoms with Gasteiger partial charge in [-0.15, -0.1) is 0 Å². The van der Waals surface area contributed by atoms with Gasteiger partial charge >= 0.3 is 5.97 Å². The van der Waals surface area contributed by atoms with Crippen LogP contribution >= 0.6 is 0 Å². The maximum Gasteiger partial charge on any atom is 0.306 e. The molecule has 0 aromatic heterocycles. The van der Waals surface area contributed by atoms with Crippen LogP contribution in [0, 0.1) is 5.92 Å². The lowest BCUT2D eigenvalue weighted by atomic mass is 9.78. The SMILES string of the molecule is O=C(O)C1CCC(O)(CN2CCCc3ccccc32)CC1. The molecule has 1 aromatic carbocycles. The largest absolute Gasteiger partial charge is 0.481 e. The van der Waals surface area contributed by atoms with Crippen LogP contribution in [0.4, 0.5) is 5.69 Å². The molecule has 0 amide bonds. The van der Waals surface area contributed by atoms with Gasteiger partial charge in [-0.05, 0) is 50.2 Å². The van der Waals surface area contributed by atoms with Crippen LogP contribution in [-0.2, 0) is 11.2 Å². The fraction of sp³-hybridized carbons (Fsp3) is 0.588. The van der Waals surface area contributed by atoms with Gasteiger partial charge in [-0.25, -0.2) is 0 Å². The number of aliphatic carboxylic acids is 1. The maximum atomic E-state index is 11.0. The molecular weight excluding hydrogens is 266 g/mol. The highest BCUT2D eigenvalue weighted by Crippen LogP contribution is 2.35. The molecular formula is C17H23NO3. The van der Waals surface area contributed by atoms with Crippen molar-refractivity contribution in [1.29, 1.82) is 0 Å². The molecule has 114 valence electrons. The Morgan fingerprint density at radius 1 is 1.29 bits per heavy atom. The number of benzene rings is 1. The predicted octanol–water partition coefficient (Wildman–Crippen LogP) is 2.45. The number of fused-ring (bicyclic) bond motifs is 1. The van der Waals surface area contributed by atoms with Crippen LogP contribution in [0.3, 0.4) is 0 Å². The van der Waals surface area contributed by atoms with Gasteiger partial charge < -0.3 is 15.1 Å². The van der Waals surface area contributed by atoms with Crippen molar-refractivity contribution in [2.24, 2.45) is 5.92 Å². The number of hydrogen-bond donors (Lipinski definition) is 2. The molecule has 2 aliphatic rings. The molecule has 1 heterocycles. The van der Waals surface area contributed by atoms with E-state index in [-0.39, 0.29) is 5.92 Å². The molecule has 0 radical (unpaired) electrons. The minimum absolute atomic E-state index is 0.279. The Hall–Kier alpha value is -1.55. The van der Waals surface area contributed by atoms with E-state index in [1.54, 1.807) is 0 Å². The summed E-state index contributed by atoms with van der Waals surface area (Å²) in [7, 11) is 0. The van der Waals surface area contributed by atoms with Gasteiger partial charge in [0.2, 0.25) is 0 Å². The molecule has 0 bridgehead atoms. The molecule has 4 nitrogen and oxygen atoms in total. The van der Waals surface area contributed by atoms with Crippen LogP contribution < -0.4 is 4.90 Å². The van der Waals surface area contributed by atoms with E-state index in [0.717, 1.165) is 19.4 Å². The molecule has 4 heteroatoms. The minimum atomic E-state index is -0.740. The first kappa shape index (κ1) is 14.4. The van der Waals surface area contributed by atoms with Crippen molar-refractivity contribution >= 4 is 11.7 Å². The maximum absolute atomic E-state index is 11.0. The number of carboxylic acids is 1. The zero-order chi connectivity index (χ0) is 14.9. The lowest BCUT2D eigenvalue weighted by molar-refractivity contribution is -0.144. The molecule has 1 aliphatic carbocycles. The van der Waals surface area contributed by atoms with Gasteiger partial charge in [-0.2, -0.15) is 0 Å². The topological polar surface area (TPSA) is 60.8 Å². The second kappa shape index (κ2) is 5.68. The minimum Gasteiger partial charge on any atom is -0.481 e. The Balaban J connectivity index is 1.69. The first-order valence-electron chi connectivity index (χ1n) is 7.85. The molecule has 1 aliphatic heterocycles. The van der Waals surface area contributed by atoms with Crippen molar-refractivity contribution in [3.05, 3.63) is 29.8 Å². The van der Waals surface area contributed by atoms with E-state index in [1.807, 2.05) is 6.07 Å². The molecule has 1 aromatic rings. The van der Waals surface area contributed by atoms with E-state index in [2.05, 4.69) is 23.1 Å². The van der Waals surface area contributed by atoms with Crippen molar-refractivity contribution in [1.82, 2.24) is 0 Å². The first-order chi connectivity index (χ1) is 10.1. The van der Waals surface area contributed by atoms with Crippen LogP contribution in [0.1, 0.15) is 37.7 Å². The van der Waals surface area contributed by atoms with Gasteiger partial charge in [0, 0.05) is 18.8 Å². The number of anilines is 1. The van der Waals surface area contributed by atoms with Crippen molar-refractivity contribution in [2.45, 2.75) is 44.1 Å². The quantitative estimate of drug-likeness (QED) is 0.897. The summed E-state index contributed by atoms with van der Waals surface area (Å²) in [5, 5.41) is 19.9. The molecule has 0 atom stereocenters. The number of nitrogens with zero attached hydrogens (tertiary/aromatic N) is 1. The van der Waals surface area contributed by atoms with E-state index in [4.69, 9.17) is 5.11 Å². The number of aliphatic hydroxyl groups is 1. The molecule has 0 unspecified atom stereocenters. The van der Waals surface area contributed by atoms with Crippen molar-refractivity contribution in [2.75, 3.05) is 18.0 Å². The Morgan fingerprint density at radius 2 is 2.00 bits per heavy atom. The zero-order valence-corrected chi connectivity index (χ0v) is 12.3.